The second-order valence-corrected chi connectivity index (χ2v) is 13.0. The number of amides is 3. The maximum Gasteiger partial charge on any atom is 0.413 e. The molecule has 1 unspecified atom stereocenters. The summed E-state index contributed by atoms with van der Waals surface area (Å²) >= 11 is 5.94. The molecule has 4 rings (SSSR count). The normalized spacial score (nSPS) is 17.6. The minimum atomic E-state index is -0.699. The SMILES string of the molecule is CCCCCC(CC)C1CCC(C(=O)Nc2c(C(=O)Nc3ccc(Cl)cn3)oc3ccc(NC(=O)OC(C)(C)C)nc23)CC1. The molecule has 3 aromatic heterocycles. The Kier molecular flexibility index (Phi) is 11.2. The van der Waals surface area contributed by atoms with Crippen molar-refractivity contribution in [3.63, 3.8) is 0 Å². The maximum atomic E-state index is 13.6. The van der Waals surface area contributed by atoms with Gasteiger partial charge in [0.25, 0.3) is 5.91 Å². The topological polar surface area (TPSA) is 135 Å². The van der Waals surface area contributed by atoms with Crippen molar-refractivity contribution in [2.45, 2.75) is 98.0 Å². The van der Waals surface area contributed by atoms with Gasteiger partial charge in [0.05, 0.1) is 5.02 Å². The van der Waals surface area contributed by atoms with E-state index in [2.05, 4.69) is 39.8 Å². The number of pyridine rings is 2. The van der Waals surface area contributed by atoms with E-state index in [1.165, 1.54) is 44.4 Å². The van der Waals surface area contributed by atoms with Gasteiger partial charge in [-0.05, 0) is 82.6 Å². The first-order chi connectivity index (χ1) is 21.0. The van der Waals surface area contributed by atoms with Gasteiger partial charge < -0.3 is 19.8 Å². The van der Waals surface area contributed by atoms with Crippen LogP contribution < -0.4 is 16.0 Å². The van der Waals surface area contributed by atoms with Gasteiger partial charge in [-0.15, -0.1) is 0 Å². The standard InChI is InChI=1S/C33H44ClN5O5/c1-6-8-9-10-20(7-2)21-11-13-22(14-12-21)30(40)39-28-27-24(16-18-26(36-27)38-32(42)44-33(3,4)5)43-29(28)31(41)37-25-17-15-23(34)19-35-25/h15-22H,6-14H2,1-5H3,(H,39,40)(H,35,37,41)(H,36,38,42). The number of unbranched alkanes of at least 4 members (excludes halogenated alkanes) is 2. The molecule has 1 aliphatic rings. The number of ether oxygens (including phenoxy) is 1. The number of carbonyl (C=O) groups is 3. The van der Waals surface area contributed by atoms with Crippen LogP contribution in [0.5, 0.6) is 0 Å². The Hall–Kier alpha value is -3.66. The van der Waals surface area contributed by atoms with Crippen LogP contribution in [0.1, 0.15) is 103 Å². The molecule has 0 aromatic carbocycles. The second kappa shape index (κ2) is 14.9. The monoisotopic (exact) mass is 625 g/mol. The van der Waals surface area contributed by atoms with E-state index in [0.717, 1.165) is 25.7 Å². The molecular formula is C33H44ClN5O5. The fourth-order valence-electron chi connectivity index (χ4n) is 5.86. The number of furan rings is 1. The van der Waals surface area contributed by atoms with E-state index in [1.807, 2.05) is 0 Å². The number of fused-ring (bicyclic) bond motifs is 1. The van der Waals surface area contributed by atoms with E-state index in [9.17, 15) is 14.4 Å². The lowest BCUT2D eigenvalue weighted by Gasteiger charge is -2.33. The van der Waals surface area contributed by atoms with Crippen molar-refractivity contribution >= 4 is 57.9 Å². The molecule has 238 valence electrons. The van der Waals surface area contributed by atoms with Crippen molar-refractivity contribution in [2.24, 2.45) is 17.8 Å². The predicted octanol–water partition coefficient (Wildman–Crippen LogP) is 8.83. The Labute approximate surface area is 264 Å². The maximum absolute atomic E-state index is 13.6. The average Bonchev–Trinajstić information content (AvgIpc) is 3.33. The van der Waals surface area contributed by atoms with Crippen molar-refractivity contribution in [3.8, 4) is 0 Å². The number of anilines is 3. The molecule has 0 radical (unpaired) electrons. The van der Waals surface area contributed by atoms with Crippen LogP contribution in [0, 0.1) is 17.8 Å². The third-order valence-corrected chi connectivity index (χ3v) is 8.32. The molecular weight excluding hydrogens is 582 g/mol. The van der Waals surface area contributed by atoms with Gasteiger partial charge in [0, 0.05) is 12.1 Å². The molecule has 3 N–H and O–H groups in total. The van der Waals surface area contributed by atoms with Crippen LogP contribution in [0.15, 0.2) is 34.9 Å². The largest absolute Gasteiger partial charge is 0.447 e. The van der Waals surface area contributed by atoms with Crippen LogP contribution in [-0.4, -0.2) is 33.5 Å². The zero-order chi connectivity index (χ0) is 31.9. The molecule has 11 heteroatoms. The zero-order valence-electron chi connectivity index (χ0n) is 26.3. The molecule has 1 saturated carbocycles. The summed E-state index contributed by atoms with van der Waals surface area (Å²) in [5.74, 6) is 0.660. The molecule has 0 aliphatic heterocycles. The van der Waals surface area contributed by atoms with Crippen molar-refractivity contribution in [3.05, 3.63) is 41.2 Å². The number of halogens is 1. The fraction of sp³-hybridized carbons (Fsp3) is 0.545. The van der Waals surface area contributed by atoms with Crippen LogP contribution in [0.4, 0.5) is 22.1 Å². The first-order valence-electron chi connectivity index (χ1n) is 15.6. The first kappa shape index (κ1) is 33.2. The summed E-state index contributed by atoms with van der Waals surface area (Å²) in [7, 11) is 0. The van der Waals surface area contributed by atoms with Crippen LogP contribution in [-0.2, 0) is 9.53 Å². The fourth-order valence-corrected chi connectivity index (χ4v) is 5.97. The number of nitrogens with one attached hydrogen (secondary N) is 3. The van der Waals surface area contributed by atoms with Crippen LogP contribution in [0.25, 0.3) is 11.1 Å². The van der Waals surface area contributed by atoms with E-state index in [-0.39, 0.29) is 46.0 Å². The quantitative estimate of drug-likeness (QED) is 0.181. The highest BCUT2D eigenvalue weighted by Crippen LogP contribution is 2.38. The second-order valence-electron chi connectivity index (χ2n) is 12.6. The summed E-state index contributed by atoms with van der Waals surface area (Å²) in [5, 5.41) is 8.68. The number of nitrogens with zero attached hydrogens (tertiary/aromatic N) is 2. The Morgan fingerprint density at radius 1 is 1.00 bits per heavy atom. The van der Waals surface area contributed by atoms with Gasteiger partial charge in [0.2, 0.25) is 11.7 Å². The molecule has 10 nitrogen and oxygen atoms in total. The third kappa shape index (κ3) is 8.94. The molecule has 44 heavy (non-hydrogen) atoms. The van der Waals surface area contributed by atoms with Crippen molar-refractivity contribution in [2.75, 3.05) is 16.0 Å². The minimum Gasteiger partial charge on any atom is -0.447 e. The van der Waals surface area contributed by atoms with Gasteiger partial charge in [-0.25, -0.2) is 14.8 Å². The van der Waals surface area contributed by atoms with Gasteiger partial charge in [0.15, 0.2) is 5.58 Å². The van der Waals surface area contributed by atoms with Crippen molar-refractivity contribution in [1.29, 1.82) is 0 Å². The van der Waals surface area contributed by atoms with Gasteiger partial charge in [-0.3, -0.25) is 14.9 Å². The van der Waals surface area contributed by atoms with E-state index >= 15 is 0 Å². The number of hydrogen-bond acceptors (Lipinski definition) is 7. The minimum absolute atomic E-state index is 0.123. The van der Waals surface area contributed by atoms with E-state index in [0.29, 0.717) is 16.9 Å². The highest BCUT2D eigenvalue weighted by atomic mass is 35.5. The molecule has 0 spiro atoms. The summed E-state index contributed by atoms with van der Waals surface area (Å²) in [6, 6.07) is 6.28. The molecule has 3 heterocycles. The molecule has 3 aromatic rings. The number of rotatable bonds is 11. The molecule has 0 saturated heterocycles. The summed E-state index contributed by atoms with van der Waals surface area (Å²) in [5.41, 5.74) is -0.0599. The smallest absolute Gasteiger partial charge is 0.413 e. The van der Waals surface area contributed by atoms with Gasteiger partial charge in [-0.2, -0.15) is 0 Å². The molecule has 3 amide bonds. The lowest BCUT2D eigenvalue weighted by atomic mass is 9.73. The molecule has 1 atom stereocenters. The Balaban J connectivity index is 1.55. The first-order valence-corrected chi connectivity index (χ1v) is 16.0. The lowest BCUT2D eigenvalue weighted by Crippen LogP contribution is -2.30. The van der Waals surface area contributed by atoms with E-state index in [4.69, 9.17) is 20.8 Å². The summed E-state index contributed by atoms with van der Waals surface area (Å²) in [6.07, 6.45) is 10.5. The van der Waals surface area contributed by atoms with E-state index in [1.54, 1.807) is 39.0 Å². The summed E-state index contributed by atoms with van der Waals surface area (Å²) in [6.45, 7) is 9.77. The zero-order valence-corrected chi connectivity index (χ0v) is 27.1. The van der Waals surface area contributed by atoms with Crippen LogP contribution in [0.3, 0.4) is 0 Å². The molecule has 0 bridgehead atoms. The lowest BCUT2D eigenvalue weighted by molar-refractivity contribution is -0.121. The highest BCUT2D eigenvalue weighted by molar-refractivity contribution is 6.30. The summed E-state index contributed by atoms with van der Waals surface area (Å²) in [4.78, 5) is 48.0. The average molecular weight is 626 g/mol. The van der Waals surface area contributed by atoms with Crippen molar-refractivity contribution < 1.29 is 23.5 Å². The summed E-state index contributed by atoms with van der Waals surface area (Å²) < 4.78 is 11.3. The molecule has 1 aliphatic carbocycles. The van der Waals surface area contributed by atoms with Crippen LogP contribution in [0.2, 0.25) is 5.02 Å². The Morgan fingerprint density at radius 3 is 2.36 bits per heavy atom. The number of hydrogen-bond donors (Lipinski definition) is 3. The predicted molar refractivity (Wildman–Crippen MR) is 173 cm³/mol. The van der Waals surface area contributed by atoms with Gasteiger partial charge in [0.1, 0.15) is 28.4 Å². The van der Waals surface area contributed by atoms with Crippen LogP contribution >= 0.6 is 11.6 Å². The third-order valence-electron chi connectivity index (χ3n) is 8.10. The van der Waals surface area contributed by atoms with Gasteiger partial charge in [-0.1, -0.05) is 57.6 Å². The Bertz CT molecular complexity index is 1440. The van der Waals surface area contributed by atoms with Gasteiger partial charge >= 0.3 is 6.09 Å². The van der Waals surface area contributed by atoms with Crippen molar-refractivity contribution in [1.82, 2.24) is 9.97 Å². The number of aromatic nitrogens is 2. The highest BCUT2D eigenvalue weighted by Gasteiger charge is 2.32. The Morgan fingerprint density at radius 2 is 1.73 bits per heavy atom. The molecule has 1 fully saturated rings. The number of carbonyl (C=O) groups excluding carboxylic acids is 3. The van der Waals surface area contributed by atoms with E-state index < -0.39 is 17.6 Å².